The molecule has 1 aliphatic rings. The number of ether oxygens (including phenoxy) is 1. The molecule has 2 N–H and O–H groups in total. The summed E-state index contributed by atoms with van der Waals surface area (Å²) in [6, 6.07) is 17.4. The lowest BCUT2D eigenvalue weighted by molar-refractivity contribution is -0.124. The summed E-state index contributed by atoms with van der Waals surface area (Å²) in [5.41, 5.74) is 2.02. The zero-order chi connectivity index (χ0) is 22.2. The molecule has 0 aromatic heterocycles. The molecule has 166 valence electrons. The maximum absolute atomic E-state index is 13.2. The molecule has 0 spiro atoms. The van der Waals surface area contributed by atoms with Crippen LogP contribution in [0.25, 0.3) is 0 Å². The molecule has 2 aromatic carbocycles. The van der Waals surface area contributed by atoms with E-state index in [-0.39, 0.29) is 29.8 Å². The third kappa shape index (κ3) is 6.23. The zero-order valence-corrected chi connectivity index (χ0v) is 18.6. The van der Waals surface area contributed by atoms with Crippen LogP contribution in [0.15, 0.2) is 54.6 Å². The first kappa shape index (κ1) is 22.7. The number of urea groups is 1. The number of piperidine rings is 1. The van der Waals surface area contributed by atoms with Gasteiger partial charge in [0, 0.05) is 25.6 Å². The average molecular weight is 424 g/mol. The molecule has 6 nitrogen and oxygen atoms in total. The Morgan fingerprint density at radius 2 is 1.74 bits per heavy atom. The molecule has 0 saturated carbocycles. The lowest BCUT2D eigenvalue weighted by atomic mass is 9.97. The minimum atomic E-state index is -0.249. The number of carbonyl (C=O) groups is 2. The van der Waals surface area contributed by atoms with Crippen molar-refractivity contribution in [3.8, 4) is 5.75 Å². The van der Waals surface area contributed by atoms with Gasteiger partial charge in [0.2, 0.25) is 5.91 Å². The fourth-order valence-corrected chi connectivity index (χ4v) is 3.88. The maximum atomic E-state index is 13.2. The third-order valence-electron chi connectivity index (χ3n) is 5.75. The first-order valence-corrected chi connectivity index (χ1v) is 11.0. The number of benzene rings is 2. The van der Waals surface area contributed by atoms with Gasteiger partial charge in [0.1, 0.15) is 5.75 Å². The van der Waals surface area contributed by atoms with Gasteiger partial charge in [0.15, 0.2) is 0 Å². The number of carbonyl (C=O) groups excluding carboxylic acids is 2. The van der Waals surface area contributed by atoms with Gasteiger partial charge in [-0.2, -0.15) is 0 Å². The van der Waals surface area contributed by atoms with Crippen LogP contribution in [0, 0.1) is 11.8 Å². The molecule has 3 amide bonds. The predicted molar refractivity (Wildman–Crippen MR) is 122 cm³/mol. The van der Waals surface area contributed by atoms with Crippen LogP contribution in [0.2, 0.25) is 0 Å². The first-order valence-electron chi connectivity index (χ1n) is 11.0. The Labute approximate surface area is 185 Å². The quantitative estimate of drug-likeness (QED) is 0.708. The van der Waals surface area contributed by atoms with Crippen molar-refractivity contribution in [3.05, 3.63) is 65.7 Å². The van der Waals surface area contributed by atoms with E-state index in [2.05, 4.69) is 10.6 Å². The van der Waals surface area contributed by atoms with E-state index in [1.807, 2.05) is 73.3 Å². The molecule has 31 heavy (non-hydrogen) atoms. The van der Waals surface area contributed by atoms with Crippen LogP contribution in [0.1, 0.15) is 43.9 Å². The second-order valence-corrected chi connectivity index (χ2v) is 8.42. The van der Waals surface area contributed by atoms with Crippen molar-refractivity contribution < 1.29 is 14.3 Å². The molecule has 2 aromatic rings. The van der Waals surface area contributed by atoms with Crippen molar-refractivity contribution in [3.63, 3.8) is 0 Å². The Bertz CT molecular complexity index is 852. The van der Waals surface area contributed by atoms with E-state index in [9.17, 15) is 9.59 Å². The SMILES string of the molecule is COc1ccc(C(NC(=O)N2CCCC(CNC(=O)C(C)C)C2)c2ccccc2)cc1. The van der Waals surface area contributed by atoms with Gasteiger partial charge in [0.05, 0.1) is 13.2 Å². The van der Waals surface area contributed by atoms with Gasteiger partial charge in [0.25, 0.3) is 0 Å². The van der Waals surface area contributed by atoms with E-state index in [1.165, 1.54) is 0 Å². The van der Waals surface area contributed by atoms with Gasteiger partial charge in [-0.1, -0.05) is 56.3 Å². The van der Waals surface area contributed by atoms with Gasteiger partial charge in [-0.15, -0.1) is 0 Å². The first-order chi connectivity index (χ1) is 15.0. The predicted octanol–water partition coefficient (Wildman–Crippen LogP) is 3.98. The highest BCUT2D eigenvalue weighted by Crippen LogP contribution is 2.25. The molecule has 0 aliphatic carbocycles. The summed E-state index contributed by atoms with van der Waals surface area (Å²) in [6.45, 7) is 5.76. The molecule has 0 radical (unpaired) electrons. The zero-order valence-electron chi connectivity index (χ0n) is 18.6. The molecule has 1 aliphatic heterocycles. The van der Waals surface area contributed by atoms with Crippen molar-refractivity contribution >= 4 is 11.9 Å². The van der Waals surface area contributed by atoms with Crippen molar-refractivity contribution in [2.24, 2.45) is 11.8 Å². The highest BCUT2D eigenvalue weighted by atomic mass is 16.5. The number of nitrogens with zero attached hydrogens (tertiary/aromatic N) is 1. The number of hydrogen-bond donors (Lipinski definition) is 2. The summed E-state index contributed by atoms with van der Waals surface area (Å²) in [4.78, 5) is 26.9. The van der Waals surface area contributed by atoms with E-state index in [1.54, 1.807) is 7.11 Å². The maximum Gasteiger partial charge on any atom is 0.318 e. The summed E-state index contributed by atoms with van der Waals surface area (Å²) in [5.74, 6) is 1.09. The van der Waals surface area contributed by atoms with Crippen LogP contribution in [-0.4, -0.2) is 43.6 Å². The topological polar surface area (TPSA) is 70.7 Å². The van der Waals surface area contributed by atoms with Crippen LogP contribution < -0.4 is 15.4 Å². The average Bonchev–Trinajstić information content (AvgIpc) is 2.81. The van der Waals surface area contributed by atoms with Gasteiger partial charge in [-0.25, -0.2) is 4.79 Å². The molecule has 3 rings (SSSR count). The van der Waals surface area contributed by atoms with Gasteiger partial charge in [-0.05, 0) is 42.0 Å². The minimum Gasteiger partial charge on any atom is -0.497 e. The summed E-state index contributed by atoms with van der Waals surface area (Å²) < 4.78 is 5.27. The second-order valence-electron chi connectivity index (χ2n) is 8.42. The van der Waals surface area contributed by atoms with Crippen molar-refractivity contribution in [2.75, 3.05) is 26.7 Å². The largest absolute Gasteiger partial charge is 0.497 e. The normalized spacial score (nSPS) is 17.2. The van der Waals surface area contributed by atoms with Crippen LogP contribution in [0.4, 0.5) is 4.79 Å². The molecule has 1 heterocycles. The van der Waals surface area contributed by atoms with E-state index < -0.39 is 0 Å². The molecule has 1 saturated heterocycles. The van der Waals surface area contributed by atoms with Crippen LogP contribution >= 0.6 is 0 Å². The lowest BCUT2D eigenvalue weighted by Gasteiger charge is -2.34. The summed E-state index contributed by atoms with van der Waals surface area (Å²) in [6.07, 6.45) is 1.96. The molecule has 6 heteroatoms. The fraction of sp³-hybridized carbons (Fsp3) is 0.440. The van der Waals surface area contributed by atoms with Gasteiger partial charge >= 0.3 is 6.03 Å². The Balaban J connectivity index is 1.68. The van der Waals surface area contributed by atoms with Crippen molar-refractivity contribution in [1.82, 2.24) is 15.5 Å². The van der Waals surface area contributed by atoms with Crippen molar-refractivity contribution in [1.29, 1.82) is 0 Å². The highest BCUT2D eigenvalue weighted by Gasteiger charge is 2.26. The number of methoxy groups -OCH3 is 1. The second kappa shape index (κ2) is 10.8. The smallest absolute Gasteiger partial charge is 0.318 e. The Hall–Kier alpha value is -3.02. The van der Waals surface area contributed by atoms with E-state index in [0.717, 1.165) is 36.3 Å². The van der Waals surface area contributed by atoms with E-state index >= 15 is 0 Å². The number of nitrogens with one attached hydrogen (secondary N) is 2. The van der Waals surface area contributed by atoms with Gasteiger partial charge in [-0.3, -0.25) is 4.79 Å². The number of hydrogen-bond acceptors (Lipinski definition) is 3. The molecule has 2 unspecified atom stereocenters. The highest BCUT2D eigenvalue weighted by molar-refractivity contribution is 5.78. The minimum absolute atomic E-state index is 0.0286. The number of rotatable bonds is 7. The van der Waals surface area contributed by atoms with Crippen LogP contribution in [0.3, 0.4) is 0 Å². The monoisotopic (exact) mass is 423 g/mol. The number of likely N-dealkylation sites (tertiary alicyclic amines) is 1. The Morgan fingerprint density at radius 1 is 1.06 bits per heavy atom. The Kier molecular flexibility index (Phi) is 7.93. The Morgan fingerprint density at radius 3 is 2.39 bits per heavy atom. The molecular formula is C25H33N3O3. The van der Waals surface area contributed by atoms with Gasteiger partial charge < -0.3 is 20.3 Å². The van der Waals surface area contributed by atoms with Crippen molar-refractivity contribution in [2.45, 2.75) is 32.7 Å². The van der Waals surface area contributed by atoms with E-state index in [4.69, 9.17) is 4.74 Å². The molecule has 1 fully saturated rings. The fourth-order valence-electron chi connectivity index (χ4n) is 3.88. The summed E-state index contributed by atoms with van der Waals surface area (Å²) in [5, 5.41) is 6.22. The molecular weight excluding hydrogens is 390 g/mol. The number of amides is 3. The lowest BCUT2D eigenvalue weighted by Crippen LogP contribution is -2.48. The third-order valence-corrected chi connectivity index (χ3v) is 5.75. The van der Waals surface area contributed by atoms with Crippen LogP contribution in [-0.2, 0) is 4.79 Å². The molecule has 2 atom stereocenters. The standard InChI is InChI=1S/C25H33N3O3/c1-18(2)24(29)26-16-19-8-7-15-28(17-19)25(30)27-23(20-9-5-4-6-10-20)21-11-13-22(31-3)14-12-21/h4-6,9-14,18-19,23H,7-8,15-17H2,1-3H3,(H,26,29)(H,27,30). The van der Waals surface area contributed by atoms with Crippen LogP contribution in [0.5, 0.6) is 5.75 Å². The summed E-state index contributed by atoms with van der Waals surface area (Å²) in [7, 11) is 1.64. The molecule has 0 bridgehead atoms. The summed E-state index contributed by atoms with van der Waals surface area (Å²) >= 11 is 0. The van der Waals surface area contributed by atoms with E-state index in [0.29, 0.717) is 13.1 Å².